The molecule has 5 heteroatoms. The first kappa shape index (κ1) is 14.0. The molecule has 0 aromatic heterocycles. The summed E-state index contributed by atoms with van der Waals surface area (Å²) in [4.78, 5) is 11.8. The van der Waals surface area contributed by atoms with Gasteiger partial charge >= 0.3 is 0 Å². The number of oxime groups is 1. The van der Waals surface area contributed by atoms with Gasteiger partial charge in [-0.3, -0.25) is 4.79 Å². The first-order valence-corrected chi connectivity index (χ1v) is 5.86. The van der Waals surface area contributed by atoms with Gasteiger partial charge in [-0.15, -0.1) is 0 Å². The molecule has 18 heavy (non-hydrogen) atoms. The van der Waals surface area contributed by atoms with E-state index in [2.05, 4.69) is 10.5 Å². The number of nitrogens with zero attached hydrogens (tertiary/aromatic N) is 1. The van der Waals surface area contributed by atoms with Gasteiger partial charge in [0.15, 0.2) is 5.84 Å². The lowest BCUT2D eigenvalue weighted by molar-refractivity contribution is -0.123. The lowest BCUT2D eigenvalue weighted by atomic mass is 10.1. The molecule has 0 saturated heterocycles. The van der Waals surface area contributed by atoms with Gasteiger partial charge in [-0.25, -0.2) is 0 Å². The molecule has 0 spiro atoms. The molecule has 0 radical (unpaired) electrons. The molecule has 1 aromatic carbocycles. The molecule has 0 fully saturated rings. The van der Waals surface area contributed by atoms with Crippen molar-refractivity contribution in [2.24, 2.45) is 16.8 Å². The van der Waals surface area contributed by atoms with Crippen LogP contribution in [-0.2, 0) is 11.2 Å². The van der Waals surface area contributed by atoms with Crippen molar-refractivity contribution in [2.45, 2.75) is 26.3 Å². The molecule has 5 nitrogen and oxygen atoms in total. The maximum atomic E-state index is 11.8. The van der Waals surface area contributed by atoms with Gasteiger partial charge in [0.05, 0.1) is 5.92 Å². The quantitative estimate of drug-likeness (QED) is 0.316. The summed E-state index contributed by atoms with van der Waals surface area (Å²) >= 11 is 0. The molecule has 0 aliphatic rings. The highest BCUT2D eigenvalue weighted by molar-refractivity contribution is 6.01. The van der Waals surface area contributed by atoms with E-state index in [1.165, 1.54) is 0 Å². The van der Waals surface area contributed by atoms with Crippen molar-refractivity contribution in [3.8, 4) is 0 Å². The van der Waals surface area contributed by atoms with Crippen LogP contribution in [0.1, 0.15) is 19.4 Å². The van der Waals surface area contributed by atoms with Gasteiger partial charge in [0.1, 0.15) is 0 Å². The van der Waals surface area contributed by atoms with Crippen molar-refractivity contribution in [3.63, 3.8) is 0 Å². The summed E-state index contributed by atoms with van der Waals surface area (Å²) in [5.41, 5.74) is 6.54. The van der Waals surface area contributed by atoms with Gasteiger partial charge in [0.25, 0.3) is 0 Å². The molecule has 2 atom stereocenters. The average molecular weight is 249 g/mol. The Morgan fingerprint density at radius 1 is 1.39 bits per heavy atom. The largest absolute Gasteiger partial charge is 0.409 e. The van der Waals surface area contributed by atoms with Crippen molar-refractivity contribution in [1.29, 1.82) is 0 Å². The second-order valence-corrected chi connectivity index (χ2v) is 4.35. The van der Waals surface area contributed by atoms with Crippen LogP contribution in [0.25, 0.3) is 0 Å². The summed E-state index contributed by atoms with van der Waals surface area (Å²) in [5, 5.41) is 14.2. The number of hydrogen-bond acceptors (Lipinski definition) is 3. The van der Waals surface area contributed by atoms with Gasteiger partial charge in [0.2, 0.25) is 5.91 Å². The normalized spacial score (nSPS) is 14.9. The topological polar surface area (TPSA) is 87.7 Å². The van der Waals surface area contributed by atoms with Crippen LogP contribution in [0.4, 0.5) is 0 Å². The maximum Gasteiger partial charge on any atom is 0.230 e. The van der Waals surface area contributed by atoms with E-state index in [-0.39, 0.29) is 17.8 Å². The van der Waals surface area contributed by atoms with Crippen LogP contribution in [0.2, 0.25) is 0 Å². The van der Waals surface area contributed by atoms with Crippen LogP contribution < -0.4 is 11.1 Å². The molecule has 0 aliphatic heterocycles. The Bertz CT molecular complexity index is 418. The molecule has 0 aliphatic carbocycles. The highest BCUT2D eigenvalue weighted by Gasteiger charge is 2.19. The second kappa shape index (κ2) is 6.64. The molecule has 0 heterocycles. The molecule has 98 valence electrons. The number of hydrogen-bond donors (Lipinski definition) is 3. The predicted molar refractivity (Wildman–Crippen MR) is 70.3 cm³/mol. The zero-order valence-corrected chi connectivity index (χ0v) is 10.6. The van der Waals surface area contributed by atoms with E-state index < -0.39 is 5.92 Å². The van der Waals surface area contributed by atoms with Crippen LogP contribution in [-0.4, -0.2) is 23.0 Å². The Balaban J connectivity index is 2.50. The third-order valence-electron chi connectivity index (χ3n) is 2.73. The van der Waals surface area contributed by atoms with Crippen LogP contribution >= 0.6 is 0 Å². The summed E-state index contributed by atoms with van der Waals surface area (Å²) in [6.45, 7) is 3.52. The molecule has 1 amide bonds. The van der Waals surface area contributed by atoms with E-state index in [4.69, 9.17) is 10.9 Å². The number of amides is 1. The highest BCUT2D eigenvalue weighted by atomic mass is 16.4. The van der Waals surface area contributed by atoms with Crippen LogP contribution in [0.15, 0.2) is 35.5 Å². The van der Waals surface area contributed by atoms with E-state index in [1.54, 1.807) is 6.92 Å². The first-order valence-electron chi connectivity index (χ1n) is 5.86. The Kier molecular flexibility index (Phi) is 5.17. The first-order chi connectivity index (χ1) is 8.54. The predicted octanol–water partition coefficient (Wildman–Crippen LogP) is 1.12. The summed E-state index contributed by atoms with van der Waals surface area (Å²) in [6, 6.07) is 9.89. The van der Waals surface area contributed by atoms with Crippen molar-refractivity contribution < 1.29 is 10.0 Å². The number of nitrogens with two attached hydrogens (primary N) is 1. The molecule has 0 saturated carbocycles. The monoisotopic (exact) mass is 249 g/mol. The Labute approximate surface area is 107 Å². The van der Waals surface area contributed by atoms with Crippen molar-refractivity contribution in [3.05, 3.63) is 35.9 Å². The summed E-state index contributed by atoms with van der Waals surface area (Å²) < 4.78 is 0. The average Bonchev–Trinajstić information content (AvgIpc) is 2.37. The molecular formula is C13H19N3O2. The van der Waals surface area contributed by atoms with Crippen LogP contribution in [0, 0.1) is 5.92 Å². The van der Waals surface area contributed by atoms with E-state index in [0.717, 1.165) is 12.0 Å². The zero-order valence-electron chi connectivity index (χ0n) is 10.6. The number of nitrogens with one attached hydrogen (secondary N) is 1. The highest BCUT2D eigenvalue weighted by Crippen LogP contribution is 2.04. The van der Waals surface area contributed by atoms with Gasteiger partial charge in [-0.2, -0.15) is 0 Å². The number of carbonyl (C=O) groups is 1. The Morgan fingerprint density at radius 2 is 2.00 bits per heavy atom. The van der Waals surface area contributed by atoms with Crippen molar-refractivity contribution >= 4 is 11.7 Å². The van der Waals surface area contributed by atoms with Crippen molar-refractivity contribution in [1.82, 2.24) is 5.32 Å². The van der Waals surface area contributed by atoms with E-state index in [1.807, 2.05) is 37.3 Å². The van der Waals surface area contributed by atoms with Gasteiger partial charge < -0.3 is 16.3 Å². The van der Waals surface area contributed by atoms with Gasteiger partial charge in [0, 0.05) is 6.04 Å². The van der Waals surface area contributed by atoms with E-state index in [9.17, 15) is 4.79 Å². The minimum Gasteiger partial charge on any atom is -0.409 e. The van der Waals surface area contributed by atoms with Gasteiger partial charge in [-0.1, -0.05) is 35.5 Å². The smallest absolute Gasteiger partial charge is 0.230 e. The summed E-state index contributed by atoms with van der Waals surface area (Å²) in [6.07, 6.45) is 0.746. The molecule has 0 bridgehead atoms. The fourth-order valence-corrected chi connectivity index (χ4v) is 1.61. The number of amidine groups is 1. The molecular weight excluding hydrogens is 230 g/mol. The molecule has 1 aromatic rings. The number of carbonyl (C=O) groups excluding carboxylic acids is 1. The molecule has 4 N–H and O–H groups in total. The third kappa shape index (κ3) is 4.08. The standard InChI is InChI=1S/C13H19N3O2/c1-9(8-11-6-4-3-5-7-11)15-13(17)10(2)12(14)16-18/h3-7,9-10,18H,8H2,1-2H3,(H2,14,16)(H,15,17). The molecule has 2 unspecified atom stereocenters. The minimum absolute atomic E-state index is 0.00570. The number of rotatable bonds is 5. The Morgan fingerprint density at radius 3 is 2.56 bits per heavy atom. The van der Waals surface area contributed by atoms with Crippen LogP contribution in [0.3, 0.4) is 0 Å². The third-order valence-corrected chi connectivity index (χ3v) is 2.73. The Hall–Kier alpha value is -2.04. The van der Waals surface area contributed by atoms with E-state index in [0.29, 0.717) is 0 Å². The fraction of sp³-hybridized carbons (Fsp3) is 0.385. The SMILES string of the molecule is CC(Cc1ccccc1)NC(=O)C(C)C(N)=NO. The van der Waals surface area contributed by atoms with Gasteiger partial charge in [-0.05, 0) is 25.8 Å². The fourth-order valence-electron chi connectivity index (χ4n) is 1.61. The number of benzene rings is 1. The minimum atomic E-state index is -0.631. The maximum absolute atomic E-state index is 11.8. The molecule has 1 rings (SSSR count). The lowest BCUT2D eigenvalue weighted by Gasteiger charge is -2.16. The second-order valence-electron chi connectivity index (χ2n) is 4.35. The van der Waals surface area contributed by atoms with E-state index >= 15 is 0 Å². The zero-order chi connectivity index (χ0) is 13.5. The van der Waals surface area contributed by atoms with Crippen molar-refractivity contribution in [2.75, 3.05) is 0 Å². The lowest BCUT2D eigenvalue weighted by Crippen LogP contribution is -2.42. The summed E-state index contributed by atoms with van der Waals surface area (Å²) in [7, 11) is 0. The summed E-state index contributed by atoms with van der Waals surface area (Å²) in [5.74, 6) is -0.957. The van der Waals surface area contributed by atoms with Crippen LogP contribution in [0.5, 0.6) is 0 Å².